The Morgan fingerprint density at radius 2 is 1.76 bits per heavy atom. The van der Waals surface area contributed by atoms with E-state index in [-0.39, 0.29) is 11.8 Å². The van der Waals surface area contributed by atoms with Crippen molar-refractivity contribution in [1.82, 2.24) is 15.1 Å². The lowest BCUT2D eigenvalue weighted by molar-refractivity contribution is 0.251. The first-order valence-corrected chi connectivity index (χ1v) is 7.95. The quantitative estimate of drug-likeness (QED) is 0.757. The standard InChI is InChI=1S/C19H19FN4O/c1-13-18(14(2)24(23-13)17-6-4-3-5-7-17)22-19(25)21-12-15-8-10-16(20)11-9-15/h3-11H,12H2,1-2H3,(H2,21,22,25). The van der Waals surface area contributed by atoms with Gasteiger partial charge in [0.15, 0.2) is 0 Å². The Bertz CT molecular complexity index is 872. The summed E-state index contributed by atoms with van der Waals surface area (Å²) < 4.78 is 14.7. The third-order valence-electron chi connectivity index (χ3n) is 3.90. The van der Waals surface area contributed by atoms with Gasteiger partial charge < -0.3 is 10.6 Å². The Kier molecular flexibility index (Phi) is 4.79. The molecule has 2 amide bonds. The normalized spacial score (nSPS) is 10.5. The maximum absolute atomic E-state index is 12.9. The van der Waals surface area contributed by atoms with Crippen LogP contribution in [0.5, 0.6) is 0 Å². The zero-order valence-electron chi connectivity index (χ0n) is 14.1. The lowest BCUT2D eigenvalue weighted by Crippen LogP contribution is -2.28. The molecule has 25 heavy (non-hydrogen) atoms. The number of amides is 2. The summed E-state index contributed by atoms with van der Waals surface area (Å²) in [7, 11) is 0. The van der Waals surface area contributed by atoms with Crippen LogP contribution >= 0.6 is 0 Å². The van der Waals surface area contributed by atoms with Gasteiger partial charge in [-0.15, -0.1) is 0 Å². The zero-order valence-corrected chi connectivity index (χ0v) is 14.1. The van der Waals surface area contributed by atoms with Gasteiger partial charge in [0.25, 0.3) is 0 Å². The van der Waals surface area contributed by atoms with Gasteiger partial charge in [-0.2, -0.15) is 5.10 Å². The van der Waals surface area contributed by atoms with Crippen LogP contribution in [0.3, 0.4) is 0 Å². The number of rotatable bonds is 4. The topological polar surface area (TPSA) is 59.0 Å². The minimum Gasteiger partial charge on any atom is -0.334 e. The van der Waals surface area contributed by atoms with Gasteiger partial charge in [0.2, 0.25) is 0 Å². The maximum atomic E-state index is 12.9. The van der Waals surface area contributed by atoms with Crippen molar-refractivity contribution in [1.29, 1.82) is 0 Å². The Balaban J connectivity index is 1.69. The highest BCUT2D eigenvalue weighted by Crippen LogP contribution is 2.22. The molecule has 0 unspecified atom stereocenters. The zero-order chi connectivity index (χ0) is 17.8. The minimum atomic E-state index is -0.330. The van der Waals surface area contributed by atoms with Gasteiger partial charge in [-0.25, -0.2) is 13.9 Å². The molecule has 0 atom stereocenters. The summed E-state index contributed by atoms with van der Waals surface area (Å²) in [5, 5.41) is 10.1. The molecule has 1 heterocycles. The van der Waals surface area contributed by atoms with E-state index in [9.17, 15) is 9.18 Å². The van der Waals surface area contributed by atoms with E-state index in [0.29, 0.717) is 12.2 Å². The molecule has 0 spiro atoms. The van der Waals surface area contributed by atoms with E-state index < -0.39 is 0 Å². The molecule has 2 N–H and O–H groups in total. The van der Waals surface area contributed by atoms with Crippen LogP contribution in [-0.2, 0) is 6.54 Å². The molecule has 0 aliphatic carbocycles. The number of carbonyl (C=O) groups is 1. The largest absolute Gasteiger partial charge is 0.334 e. The number of aryl methyl sites for hydroxylation is 1. The monoisotopic (exact) mass is 338 g/mol. The van der Waals surface area contributed by atoms with Crippen molar-refractivity contribution in [3.63, 3.8) is 0 Å². The SMILES string of the molecule is Cc1nn(-c2ccccc2)c(C)c1NC(=O)NCc1ccc(F)cc1. The lowest BCUT2D eigenvalue weighted by atomic mass is 10.2. The molecule has 0 radical (unpaired) electrons. The first-order chi connectivity index (χ1) is 12.0. The smallest absolute Gasteiger partial charge is 0.319 e. The Hall–Kier alpha value is -3.15. The predicted octanol–water partition coefficient (Wildman–Crippen LogP) is 3.95. The average molecular weight is 338 g/mol. The number of hydrogen-bond acceptors (Lipinski definition) is 2. The molecule has 1 aromatic heterocycles. The molecule has 2 aromatic carbocycles. The number of benzene rings is 2. The number of hydrogen-bond donors (Lipinski definition) is 2. The van der Waals surface area contributed by atoms with Gasteiger partial charge in [-0.3, -0.25) is 0 Å². The molecule has 0 saturated carbocycles. The summed E-state index contributed by atoms with van der Waals surface area (Å²) in [6.45, 7) is 4.07. The van der Waals surface area contributed by atoms with Crippen LogP contribution in [0, 0.1) is 19.7 Å². The summed E-state index contributed by atoms with van der Waals surface area (Å²) in [5.41, 5.74) is 4.02. The van der Waals surface area contributed by atoms with Gasteiger partial charge in [0.05, 0.1) is 22.8 Å². The molecular weight excluding hydrogens is 319 g/mol. The number of halogens is 1. The van der Waals surface area contributed by atoms with E-state index in [0.717, 1.165) is 22.6 Å². The summed E-state index contributed by atoms with van der Waals surface area (Å²) in [6, 6.07) is 15.4. The third kappa shape index (κ3) is 3.85. The molecule has 3 aromatic rings. The second-order valence-electron chi connectivity index (χ2n) is 5.73. The van der Waals surface area contributed by atoms with Crippen molar-refractivity contribution in [3.05, 3.63) is 77.4 Å². The Labute approximate surface area is 145 Å². The molecular formula is C19H19FN4O. The highest BCUT2D eigenvalue weighted by atomic mass is 19.1. The molecule has 0 aliphatic rings. The van der Waals surface area contributed by atoms with Crippen LogP contribution in [-0.4, -0.2) is 15.8 Å². The van der Waals surface area contributed by atoms with Crippen LogP contribution in [0.15, 0.2) is 54.6 Å². The van der Waals surface area contributed by atoms with Gasteiger partial charge in [-0.05, 0) is 43.7 Å². The first kappa shape index (κ1) is 16.7. The molecule has 0 saturated heterocycles. The number of urea groups is 1. The highest BCUT2D eigenvalue weighted by molar-refractivity contribution is 5.90. The number of anilines is 1. The average Bonchev–Trinajstić information content (AvgIpc) is 2.90. The number of para-hydroxylation sites is 1. The van der Waals surface area contributed by atoms with E-state index in [1.54, 1.807) is 16.8 Å². The van der Waals surface area contributed by atoms with Crippen LogP contribution in [0.4, 0.5) is 14.9 Å². The van der Waals surface area contributed by atoms with Crippen molar-refractivity contribution >= 4 is 11.7 Å². The highest BCUT2D eigenvalue weighted by Gasteiger charge is 2.14. The Morgan fingerprint density at radius 1 is 1.08 bits per heavy atom. The van der Waals surface area contributed by atoms with Crippen LogP contribution in [0.25, 0.3) is 5.69 Å². The van der Waals surface area contributed by atoms with Crippen molar-refractivity contribution < 1.29 is 9.18 Å². The number of nitrogens with zero attached hydrogens (tertiary/aromatic N) is 2. The lowest BCUT2D eigenvalue weighted by Gasteiger charge is -2.09. The van der Waals surface area contributed by atoms with Crippen molar-refractivity contribution in [3.8, 4) is 5.69 Å². The molecule has 5 nitrogen and oxygen atoms in total. The minimum absolute atomic E-state index is 0.298. The summed E-state index contributed by atoms with van der Waals surface area (Å²) >= 11 is 0. The van der Waals surface area contributed by atoms with Crippen molar-refractivity contribution in [2.24, 2.45) is 0 Å². The van der Waals surface area contributed by atoms with E-state index in [4.69, 9.17) is 0 Å². The molecule has 3 rings (SSSR count). The van der Waals surface area contributed by atoms with Gasteiger partial charge in [-0.1, -0.05) is 30.3 Å². The van der Waals surface area contributed by atoms with Gasteiger partial charge in [0.1, 0.15) is 5.82 Å². The first-order valence-electron chi connectivity index (χ1n) is 7.95. The predicted molar refractivity (Wildman–Crippen MR) is 95.3 cm³/mol. The Morgan fingerprint density at radius 3 is 2.44 bits per heavy atom. The van der Waals surface area contributed by atoms with Gasteiger partial charge in [0, 0.05) is 6.54 Å². The van der Waals surface area contributed by atoms with E-state index >= 15 is 0 Å². The second kappa shape index (κ2) is 7.17. The van der Waals surface area contributed by atoms with Crippen molar-refractivity contribution in [2.45, 2.75) is 20.4 Å². The molecule has 6 heteroatoms. The van der Waals surface area contributed by atoms with Gasteiger partial charge >= 0.3 is 6.03 Å². The van der Waals surface area contributed by atoms with Crippen LogP contribution in [0.2, 0.25) is 0 Å². The molecule has 128 valence electrons. The second-order valence-corrected chi connectivity index (χ2v) is 5.73. The summed E-state index contributed by atoms with van der Waals surface area (Å²) in [6.07, 6.45) is 0. The molecule has 0 aliphatic heterocycles. The fourth-order valence-corrected chi connectivity index (χ4v) is 2.59. The molecule has 0 bridgehead atoms. The number of aromatic nitrogens is 2. The van der Waals surface area contributed by atoms with Crippen LogP contribution in [0.1, 0.15) is 17.0 Å². The van der Waals surface area contributed by atoms with E-state index in [1.165, 1.54) is 12.1 Å². The number of carbonyl (C=O) groups excluding carboxylic acids is 1. The summed E-state index contributed by atoms with van der Waals surface area (Å²) in [5.74, 6) is -0.298. The fraction of sp³-hybridized carbons (Fsp3) is 0.158. The van der Waals surface area contributed by atoms with E-state index in [2.05, 4.69) is 15.7 Å². The summed E-state index contributed by atoms with van der Waals surface area (Å²) in [4.78, 5) is 12.2. The van der Waals surface area contributed by atoms with Crippen molar-refractivity contribution in [2.75, 3.05) is 5.32 Å². The maximum Gasteiger partial charge on any atom is 0.319 e. The third-order valence-corrected chi connectivity index (χ3v) is 3.90. The van der Waals surface area contributed by atoms with E-state index in [1.807, 2.05) is 44.2 Å². The van der Waals surface area contributed by atoms with Crippen LogP contribution < -0.4 is 10.6 Å². The number of nitrogens with one attached hydrogen (secondary N) is 2. The fourth-order valence-electron chi connectivity index (χ4n) is 2.59. The molecule has 0 fully saturated rings.